The van der Waals surface area contributed by atoms with Crippen molar-refractivity contribution in [2.75, 3.05) is 0 Å². The van der Waals surface area contributed by atoms with Crippen LogP contribution >= 0.6 is 0 Å². The van der Waals surface area contributed by atoms with Crippen LogP contribution in [0.2, 0.25) is 0 Å². The summed E-state index contributed by atoms with van der Waals surface area (Å²) in [6.45, 7) is 0. The number of nitrogens with zero attached hydrogens (tertiary/aromatic N) is 3. The molecule has 4 nitrogen and oxygen atoms in total. The zero-order valence-corrected chi connectivity index (χ0v) is 10.0. The van der Waals surface area contributed by atoms with E-state index in [-0.39, 0.29) is 0 Å². The smallest absolute Gasteiger partial charge is 0.149 e. The van der Waals surface area contributed by atoms with Crippen molar-refractivity contribution in [3.05, 3.63) is 60.2 Å². The number of aromatic nitrogens is 3. The molecule has 0 spiro atoms. The zero-order chi connectivity index (χ0) is 13.1. The molecule has 0 aliphatic heterocycles. The van der Waals surface area contributed by atoms with Crippen molar-refractivity contribution in [1.29, 1.82) is 5.26 Å². The number of hydrogen-bond acceptors (Lipinski definition) is 3. The second kappa shape index (κ2) is 4.75. The van der Waals surface area contributed by atoms with Gasteiger partial charge in [0, 0.05) is 12.4 Å². The van der Waals surface area contributed by atoms with Crippen LogP contribution in [0.15, 0.2) is 48.8 Å². The predicted octanol–water partition coefficient (Wildman–Crippen LogP) is 3.02. The maximum atomic E-state index is 9.27. The molecule has 0 aliphatic carbocycles. The number of aromatic amines is 1. The summed E-state index contributed by atoms with van der Waals surface area (Å²) in [7, 11) is 0. The minimum atomic E-state index is 0.490. The van der Waals surface area contributed by atoms with Gasteiger partial charge in [-0.15, -0.1) is 0 Å². The molecule has 2 aromatic heterocycles. The van der Waals surface area contributed by atoms with Gasteiger partial charge in [-0.2, -0.15) is 5.26 Å². The van der Waals surface area contributed by atoms with Crippen molar-refractivity contribution in [2.24, 2.45) is 0 Å². The lowest BCUT2D eigenvalue weighted by Crippen LogP contribution is -1.85. The molecular weight excluding hydrogens is 236 g/mol. The van der Waals surface area contributed by atoms with Gasteiger partial charge in [0.2, 0.25) is 0 Å². The summed E-state index contributed by atoms with van der Waals surface area (Å²) in [4.78, 5) is 11.6. The number of imidazole rings is 1. The van der Waals surface area contributed by atoms with Crippen LogP contribution in [0.1, 0.15) is 11.4 Å². The Morgan fingerprint density at radius 2 is 2.11 bits per heavy atom. The summed E-state index contributed by atoms with van der Waals surface area (Å²) in [5.41, 5.74) is 3.14. The first-order valence-electron chi connectivity index (χ1n) is 5.84. The van der Waals surface area contributed by atoms with Gasteiger partial charge in [0.05, 0.1) is 16.6 Å². The molecule has 19 heavy (non-hydrogen) atoms. The van der Waals surface area contributed by atoms with Crippen LogP contribution in [0.4, 0.5) is 0 Å². The average molecular weight is 246 g/mol. The zero-order valence-electron chi connectivity index (χ0n) is 10.0. The molecule has 0 amide bonds. The largest absolute Gasteiger partial charge is 0.337 e. The summed E-state index contributed by atoms with van der Waals surface area (Å²) < 4.78 is 0. The Kier molecular flexibility index (Phi) is 2.79. The fraction of sp³-hybridized carbons (Fsp3) is 0. The van der Waals surface area contributed by atoms with Crippen LogP contribution in [-0.4, -0.2) is 15.0 Å². The summed E-state index contributed by atoms with van der Waals surface area (Å²) >= 11 is 0. The molecule has 0 radical (unpaired) electrons. The molecule has 0 unspecified atom stereocenters. The van der Waals surface area contributed by atoms with E-state index >= 15 is 0 Å². The van der Waals surface area contributed by atoms with E-state index in [2.05, 4.69) is 21.0 Å². The Bertz CT molecular complexity index is 746. The maximum absolute atomic E-state index is 9.27. The molecular formula is C15H10N4. The molecule has 1 aromatic carbocycles. The van der Waals surface area contributed by atoms with Gasteiger partial charge in [-0.25, -0.2) is 4.98 Å². The van der Waals surface area contributed by atoms with E-state index in [0.29, 0.717) is 11.4 Å². The molecule has 90 valence electrons. The quantitative estimate of drug-likeness (QED) is 0.707. The molecule has 0 atom stereocenters. The number of rotatable bonds is 2. The number of nitriles is 1. The third-order valence-corrected chi connectivity index (χ3v) is 2.76. The van der Waals surface area contributed by atoms with Crippen molar-refractivity contribution in [1.82, 2.24) is 15.0 Å². The van der Waals surface area contributed by atoms with Gasteiger partial charge < -0.3 is 4.98 Å². The lowest BCUT2D eigenvalue weighted by molar-refractivity contribution is 1.27. The first kappa shape index (κ1) is 11.2. The number of benzene rings is 1. The van der Waals surface area contributed by atoms with Crippen molar-refractivity contribution in [2.45, 2.75) is 0 Å². The molecule has 0 saturated heterocycles. The second-order valence-electron chi connectivity index (χ2n) is 4.06. The second-order valence-corrected chi connectivity index (χ2v) is 4.06. The van der Waals surface area contributed by atoms with Crippen LogP contribution in [-0.2, 0) is 0 Å². The summed E-state index contributed by atoms with van der Waals surface area (Å²) in [5, 5.41) is 9.27. The summed E-state index contributed by atoms with van der Waals surface area (Å²) in [5.74, 6) is 0.576. The Hall–Kier alpha value is -2.93. The molecule has 0 fully saturated rings. The standard InChI is InChI=1S/C15H10N4/c16-9-12(8-11-4-3-7-17-10-11)15-18-13-5-1-2-6-14(13)19-15/h1-8,10H,(H,18,19). The number of nitrogens with one attached hydrogen (secondary N) is 1. The fourth-order valence-electron chi connectivity index (χ4n) is 1.86. The topological polar surface area (TPSA) is 65.4 Å². The highest BCUT2D eigenvalue weighted by molar-refractivity contribution is 5.90. The number of para-hydroxylation sites is 2. The molecule has 3 rings (SSSR count). The van der Waals surface area contributed by atoms with Gasteiger partial charge in [0.1, 0.15) is 11.9 Å². The molecule has 0 aliphatic rings. The Morgan fingerprint density at radius 3 is 2.84 bits per heavy atom. The van der Waals surface area contributed by atoms with Crippen LogP contribution in [0.5, 0.6) is 0 Å². The van der Waals surface area contributed by atoms with Gasteiger partial charge in [-0.3, -0.25) is 4.98 Å². The fourth-order valence-corrected chi connectivity index (χ4v) is 1.86. The average Bonchev–Trinajstić information content (AvgIpc) is 2.89. The highest BCUT2D eigenvalue weighted by Crippen LogP contribution is 2.18. The maximum Gasteiger partial charge on any atom is 0.149 e. The number of H-pyrrole nitrogens is 1. The van der Waals surface area contributed by atoms with E-state index < -0.39 is 0 Å². The molecule has 2 heterocycles. The minimum Gasteiger partial charge on any atom is -0.337 e. The van der Waals surface area contributed by atoms with E-state index in [0.717, 1.165) is 16.6 Å². The first-order valence-corrected chi connectivity index (χ1v) is 5.84. The van der Waals surface area contributed by atoms with Crippen molar-refractivity contribution >= 4 is 22.7 Å². The van der Waals surface area contributed by atoms with Crippen molar-refractivity contribution in [3.8, 4) is 6.07 Å². The van der Waals surface area contributed by atoms with E-state index in [1.54, 1.807) is 18.5 Å². The Morgan fingerprint density at radius 1 is 1.21 bits per heavy atom. The minimum absolute atomic E-state index is 0.490. The molecule has 1 N–H and O–H groups in total. The van der Waals surface area contributed by atoms with Crippen LogP contribution < -0.4 is 0 Å². The Labute approximate surface area is 110 Å². The third-order valence-electron chi connectivity index (χ3n) is 2.76. The van der Waals surface area contributed by atoms with Gasteiger partial charge in [0.15, 0.2) is 0 Å². The Balaban J connectivity index is 2.08. The van der Waals surface area contributed by atoms with Crippen molar-refractivity contribution < 1.29 is 0 Å². The van der Waals surface area contributed by atoms with Gasteiger partial charge >= 0.3 is 0 Å². The highest BCUT2D eigenvalue weighted by Gasteiger charge is 2.07. The van der Waals surface area contributed by atoms with E-state index in [9.17, 15) is 5.26 Å². The SMILES string of the molecule is N#CC(=Cc1cccnc1)c1nc2ccccc2[nH]1. The summed E-state index contributed by atoms with van der Waals surface area (Å²) in [6.07, 6.45) is 5.18. The lowest BCUT2D eigenvalue weighted by atomic mass is 10.2. The number of fused-ring (bicyclic) bond motifs is 1. The normalized spacial score (nSPS) is 11.4. The summed E-state index contributed by atoms with van der Waals surface area (Å²) in [6, 6.07) is 13.6. The highest BCUT2D eigenvalue weighted by atomic mass is 14.9. The number of hydrogen-bond donors (Lipinski definition) is 1. The molecule has 0 bridgehead atoms. The number of allylic oxidation sites excluding steroid dienone is 1. The van der Waals surface area contributed by atoms with Crippen LogP contribution in [0.25, 0.3) is 22.7 Å². The molecule has 4 heteroatoms. The lowest BCUT2D eigenvalue weighted by Gasteiger charge is -1.94. The third kappa shape index (κ3) is 2.22. The number of pyridine rings is 1. The van der Waals surface area contributed by atoms with E-state index in [1.165, 1.54) is 0 Å². The predicted molar refractivity (Wildman–Crippen MR) is 73.8 cm³/mol. The van der Waals surface area contributed by atoms with Crippen molar-refractivity contribution in [3.63, 3.8) is 0 Å². The van der Waals surface area contributed by atoms with Crippen LogP contribution in [0.3, 0.4) is 0 Å². The van der Waals surface area contributed by atoms with E-state index in [1.807, 2.05) is 36.4 Å². The van der Waals surface area contributed by atoms with Gasteiger partial charge in [-0.1, -0.05) is 18.2 Å². The molecule has 0 saturated carbocycles. The van der Waals surface area contributed by atoms with Crippen LogP contribution in [0, 0.1) is 11.3 Å². The van der Waals surface area contributed by atoms with Gasteiger partial charge in [0.25, 0.3) is 0 Å². The molecule has 3 aromatic rings. The first-order chi connectivity index (χ1) is 9.36. The van der Waals surface area contributed by atoms with E-state index in [4.69, 9.17) is 0 Å². The monoisotopic (exact) mass is 246 g/mol. The van der Waals surface area contributed by atoms with Gasteiger partial charge in [-0.05, 0) is 29.8 Å².